The number of nitrogens with zero attached hydrogens (tertiary/aromatic N) is 2. The highest BCUT2D eigenvalue weighted by Crippen LogP contribution is 2.36. The zero-order valence-electron chi connectivity index (χ0n) is 15.8. The van der Waals surface area contributed by atoms with E-state index in [1.165, 1.54) is 4.90 Å². The van der Waals surface area contributed by atoms with Gasteiger partial charge in [0.2, 0.25) is 5.91 Å². The molecule has 2 aliphatic rings. The lowest BCUT2D eigenvalue weighted by Gasteiger charge is -2.26. The van der Waals surface area contributed by atoms with E-state index in [0.717, 1.165) is 4.90 Å². The predicted molar refractivity (Wildman–Crippen MR) is 102 cm³/mol. The molecule has 0 bridgehead atoms. The van der Waals surface area contributed by atoms with Crippen LogP contribution in [-0.2, 0) is 15.1 Å². The first-order valence-electron chi connectivity index (χ1n) is 8.94. The summed E-state index contributed by atoms with van der Waals surface area (Å²) in [5.41, 5.74) is -0.742. The Balaban J connectivity index is 1.81. The number of ether oxygens (including phenoxy) is 2. The summed E-state index contributed by atoms with van der Waals surface area (Å²) >= 11 is 0. The molecule has 1 atom stereocenters. The summed E-state index contributed by atoms with van der Waals surface area (Å²) in [7, 11) is 0. The maximum atomic E-state index is 13.0. The van der Waals surface area contributed by atoms with Crippen LogP contribution in [0.15, 0.2) is 43.5 Å². The van der Waals surface area contributed by atoms with Crippen molar-refractivity contribution in [2.75, 3.05) is 32.8 Å². The number of urea groups is 1. The first-order valence-corrected chi connectivity index (χ1v) is 8.94. The quantitative estimate of drug-likeness (QED) is 0.567. The smallest absolute Gasteiger partial charge is 0.325 e. The Morgan fingerprint density at radius 3 is 2.50 bits per heavy atom. The number of rotatable bonds is 7. The Morgan fingerprint density at radius 2 is 1.86 bits per heavy atom. The fraction of sp³-hybridized carbons (Fsp3) is 0.350. The number of hydrogen-bond acceptors (Lipinski definition) is 5. The predicted octanol–water partition coefficient (Wildman–Crippen LogP) is 1.43. The van der Waals surface area contributed by atoms with E-state index in [1.807, 2.05) is 0 Å². The monoisotopic (exact) mass is 385 g/mol. The van der Waals surface area contributed by atoms with Gasteiger partial charge in [-0.15, -0.1) is 13.2 Å². The fourth-order valence-electron chi connectivity index (χ4n) is 3.22. The van der Waals surface area contributed by atoms with Gasteiger partial charge < -0.3 is 19.7 Å². The van der Waals surface area contributed by atoms with E-state index in [4.69, 9.17) is 9.47 Å². The molecular weight excluding hydrogens is 362 g/mol. The lowest BCUT2D eigenvalue weighted by Crippen LogP contribution is -2.44. The molecule has 0 spiro atoms. The van der Waals surface area contributed by atoms with E-state index in [2.05, 4.69) is 18.5 Å². The summed E-state index contributed by atoms with van der Waals surface area (Å²) < 4.78 is 11.1. The zero-order chi connectivity index (χ0) is 20.3. The summed E-state index contributed by atoms with van der Waals surface area (Å²) in [5, 5.41) is 2.69. The van der Waals surface area contributed by atoms with E-state index < -0.39 is 17.5 Å². The van der Waals surface area contributed by atoms with Crippen molar-refractivity contribution in [1.29, 1.82) is 0 Å². The second kappa shape index (κ2) is 7.75. The van der Waals surface area contributed by atoms with Crippen LogP contribution in [0.4, 0.5) is 4.79 Å². The first-order chi connectivity index (χ1) is 13.4. The lowest BCUT2D eigenvalue weighted by atomic mass is 9.91. The van der Waals surface area contributed by atoms with Crippen LogP contribution in [0.1, 0.15) is 12.5 Å². The zero-order valence-corrected chi connectivity index (χ0v) is 15.8. The summed E-state index contributed by atoms with van der Waals surface area (Å²) in [6.45, 7) is 9.95. The number of nitrogens with one attached hydrogen (secondary N) is 1. The van der Waals surface area contributed by atoms with Crippen LogP contribution in [0.25, 0.3) is 0 Å². The number of amides is 4. The van der Waals surface area contributed by atoms with Crippen molar-refractivity contribution < 1.29 is 23.9 Å². The van der Waals surface area contributed by atoms with Crippen LogP contribution in [0.5, 0.6) is 11.5 Å². The summed E-state index contributed by atoms with van der Waals surface area (Å²) in [6, 6.07) is 4.48. The minimum absolute atomic E-state index is 0.300. The second-order valence-electron chi connectivity index (χ2n) is 6.68. The molecule has 1 fully saturated rings. The van der Waals surface area contributed by atoms with Crippen molar-refractivity contribution in [3.63, 3.8) is 0 Å². The number of carbonyl (C=O) groups is 3. The van der Waals surface area contributed by atoms with Gasteiger partial charge in [0.05, 0.1) is 0 Å². The molecule has 28 heavy (non-hydrogen) atoms. The third-order valence-electron chi connectivity index (χ3n) is 4.74. The summed E-state index contributed by atoms with van der Waals surface area (Å²) in [6.07, 6.45) is 3.15. The number of fused-ring (bicyclic) bond motifs is 1. The molecule has 1 saturated heterocycles. The standard InChI is InChI=1S/C20H23N3O5/c1-4-8-22(9-5-2)17(24)13-23-18(25)20(3,21-19(23)26)14-6-7-15-16(12-14)28-11-10-27-15/h4-7,12H,1-2,8-11,13H2,3H3,(H,21,26). The molecule has 2 heterocycles. The molecule has 1 N–H and O–H groups in total. The Kier molecular flexibility index (Phi) is 5.39. The van der Waals surface area contributed by atoms with Crippen LogP contribution in [0, 0.1) is 0 Å². The largest absolute Gasteiger partial charge is 0.486 e. The average molecular weight is 385 g/mol. The minimum Gasteiger partial charge on any atom is -0.486 e. The summed E-state index contributed by atoms with van der Waals surface area (Å²) in [5.74, 6) is 0.242. The van der Waals surface area contributed by atoms with Gasteiger partial charge in [-0.05, 0) is 24.6 Å². The fourth-order valence-corrected chi connectivity index (χ4v) is 3.22. The number of benzene rings is 1. The van der Waals surface area contributed by atoms with Crippen molar-refractivity contribution in [1.82, 2.24) is 15.1 Å². The maximum absolute atomic E-state index is 13.0. The van der Waals surface area contributed by atoms with Gasteiger partial charge in [-0.25, -0.2) is 4.79 Å². The van der Waals surface area contributed by atoms with E-state index in [1.54, 1.807) is 37.3 Å². The van der Waals surface area contributed by atoms with Crippen LogP contribution < -0.4 is 14.8 Å². The van der Waals surface area contributed by atoms with Crippen molar-refractivity contribution in [3.8, 4) is 11.5 Å². The lowest BCUT2D eigenvalue weighted by molar-refractivity contribution is -0.138. The highest BCUT2D eigenvalue weighted by Gasteiger charge is 2.50. The number of imide groups is 1. The normalized spacial score (nSPS) is 20.5. The molecule has 3 rings (SSSR count). The van der Waals surface area contributed by atoms with Crippen molar-refractivity contribution in [2.45, 2.75) is 12.5 Å². The minimum atomic E-state index is -1.30. The third kappa shape index (κ3) is 3.45. The topological polar surface area (TPSA) is 88.2 Å². The molecule has 1 aromatic carbocycles. The number of carbonyl (C=O) groups excluding carboxylic acids is 3. The maximum Gasteiger partial charge on any atom is 0.325 e. The van der Waals surface area contributed by atoms with Gasteiger partial charge in [-0.1, -0.05) is 18.2 Å². The number of hydrogen-bond donors (Lipinski definition) is 1. The van der Waals surface area contributed by atoms with Gasteiger partial charge in [0.1, 0.15) is 25.3 Å². The molecule has 1 unspecified atom stereocenters. The van der Waals surface area contributed by atoms with Crippen LogP contribution in [-0.4, -0.2) is 60.5 Å². The Labute approximate surface area is 163 Å². The van der Waals surface area contributed by atoms with E-state index in [9.17, 15) is 14.4 Å². The van der Waals surface area contributed by atoms with E-state index in [-0.39, 0.29) is 12.5 Å². The van der Waals surface area contributed by atoms with Crippen molar-refractivity contribution in [2.24, 2.45) is 0 Å². The van der Waals surface area contributed by atoms with Crippen molar-refractivity contribution >= 4 is 17.8 Å². The van der Waals surface area contributed by atoms with Gasteiger partial charge in [0.25, 0.3) is 5.91 Å². The summed E-state index contributed by atoms with van der Waals surface area (Å²) in [4.78, 5) is 40.4. The van der Waals surface area contributed by atoms with Gasteiger partial charge in [-0.2, -0.15) is 0 Å². The van der Waals surface area contributed by atoms with E-state index >= 15 is 0 Å². The SMILES string of the molecule is C=CCN(CC=C)C(=O)CN1C(=O)NC(C)(c2ccc3c(c2)OCCO3)C1=O. The molecule has 4 amide bonds. The molecule has 0 radical (unpaired) electrons. The average Bonchev–Trinajstić information content (AvgIpc) is 2.91. The first kappa shape index (κ1) is 19.5. The van der Waals surface area contributed by atoms with Gasteiger partial charge >= 0.3 is 6.03 Å². The molecule has 8 heteroatoms. The Bertz CT molecular complexity index is 827. The molecular formula is C20H23N3O5. The van der Waals surface area contributed by atoms with Gasteiger partial charge in [0, 0.05) is 13.1 Å². The highest BCUT2D eigenvalue weighted by atomic mass is 16.6. The van der Waals surface area contributed by atoms with Crippen LogP contribution in [0.3, 0.4) is 0 Å². The Morgan fingerprint density at radius 1 is 1.21 bits per heavy atom. The molecule has 1 aromatic rings. The molecule has 0 saturated carbocycles. The molecule has 8 nitrogen and oxygen atoms in total. The Hall–Kier alpha value is -3.29. The molecule has 0 aliphatic carbocycles. The van der Waals surface area contributed by atoms with Gasteiger partial charge in [0.15, 0.2) is 11.5 Å². The van der Waals surface area contributed by atoms with E-state index in [0.29, 0.717) is 43.4 Å². The van der Waals surface area contributed by atoms with Gasteiger partial charge in [-0.3, -0.25) is 14.5 Å². The second-order valence-corrected chi connectivity index (χ2v) is 6.68. The van der Waals surface area contributed by atoms with Crippen LogP contribution >= 0.6 is 0 Å². The molecule has 0 aromatic heterocycles. The third-order valence-corrected chi connectivity index (χ3v) is 4.74. The van der Waals surface area contributed by atoms with Crippen molar-refractivity contribution in [3.05, 3.63) is 49.1 Å². The molecule has 148 valence electrons. The van der Waals surface area contributed by atoms with Crippen LogP contribution in [0.2, 0.25) is 0 Å². The highest BCUT2D eigenvalue weighted by molar-refractivity contribution is 6.09. The molecule has 2 aliphatic heterocycles.